The number of anilines is 1. The van der Waals surface area contributed by atoms with Gasteiger partial charge in [-0.25, -0.2) is 18.1 Å². The smallest absolute Gasteiger partial charge is 0.276 e. The van der Waals surface area contributed by atoms with Gasteiger partial charge >= 0.3 is 0 Å². The number of hydrogen-bond donors (Lipinski definition) is 2. The van der Waals surface area contributed by atoms with Gasteiger partial charge in [0.2, 0.25) is 0 Å². The van der Waals surface area contributed by atoms with E-state index in [-0.39, 0.29) is 9.77 Å². The van der Waals surface area contributed by atoms with Crippen molar-refractivity contribution in [1.82, 2.24) is 15.0 Å². The van der Waals surface area contributed by atoms with Crippen LogP contribution in [0.3, 0.4) is 0 Å². The molecule has 2 heterocycles. The Hall–Kier alpha value is -2.95. The van der Waals surface area contributed by atoms with Crippen molar-refractivity contribution in [2.24, 2.45) is 0 Å². The van der Waals surface area contributed by atoms with Crippen LogP contribution >= 0.6 is 11.3 Å². The molecule has 0 atom stereocenters. The number of piperazine rings is 1. The van der Waals surface area contributed by atoms with Gasteiger partial charge in [0.25, 0.3) is 15.9 Å². The number of sulfonamides is 1. The van der Waals surface area contributed by atoms with Gasteiger partial charge in [-0.3, -0.25) is 4.79 Å². The van der Waals surface area contributed by atoms with E-state index < -0.39 is 15.9 Å². The van der Waals surface area contributed by atoms with E-state index in [9.17, 15) is 13.2 Å². The van der Waals surface area contributed by atoms with Crippen LogP contribution in [-0.2, 0) is 10.0 Å². The molecular weight excluding hydrogens is 424 g/mol. The van der Waals surface area contributed by atoms with Gasteiger partial charge in [0.1, 0.15) is 16.4 Å². The van der Waals surface area contributed by atoms with Crippen molar-refractivity contribution in [3.8, 4) is 11.5 Å². The topological polar surface area (TPSA) is 101 Å². The van der Waals surface area contributed by atoms with Gasteiger partial charge in [-0.05, 0) is 24.3 Å². The minimum atomic E-state index is -4.06. The molecule has 8 nitrogen and oxygen atoms in total. The molecule has 0 unspecified atom stereocenters. The van der Waals surface area contributed by atoms with Crippen LogP contribution < -0.4 is 19.7 Å². The highest BCUT2D eigenvalue weighted by molar-refractivity contribution is 7.90. The van der Waals surface area contributed by atoms with Crippen LogP contribution in [-0.4, -0.2) is 45.5 Å². The Morgan fingerprint density at radius 2 is 1.80 bits per heavy atom. The number of carbonyl (C=O) groups excluding carboxylic acids is 1. The Labute approximate surface area is 178 Å². The van der Waals surface area contributed by atoms with E-state index in [1.165, 1.54) is 29.7 Å². The average molecular weight is 445 g/mol. The van der Waals surface area contributed by atoms with Gasteiger partial charge in [-0.2, -0.15) is 0 Å². The van der Waals surface area contributed by atoms with Crippen molar-refractivity contribution in [2.75, 3.05) is 31.1 Å². The molecular formula is C20H20N4O4S2. The second kappa shape index (κ2) is 8.82. The first-order valence-electron chi connectivity index (χ1n) is 9.33. The Balaban J connectivity index is 1.47. The summed E-state index contributed by atoms with van der Waals surface area (Å²) in [6.07, 6.45) is 1.40. The second-order valence-corrected chi connectivity index (χ2v) is 9.26. The van der Waals surface area contributed by atoms with Crippen molar-refractivity contribution in [3.05, 3.63) is 65.7 Å². The molecule has 3 aromatic rings. The van der Waals surface area contributed by atoms with Crippen LogP contribution in [0.4, 0.5) is 5.13 Å². The summed E-state index contributed by atoms with van der Waals surface area (Å²) in [5, 5.41) is 3.96. The number of thiazole rings is 1. The standard InChI is InChI=1S/C20H20N4O4S2/c25-19(18-14-22-20(29-18)24-11-9-21-10-12-24)23-30(26,27)17-8-4-7-16(13-17)28-15-5-2-1-3-6-15/h1-8,13-14,21H,9-12H2,(H,23,25). The first-order chi connectivity index (χ1) is 14.5. The van der Waals surface area contributed by atoms with E-state index in [0.29, 0.717) is 16.6 Å². The van der Waals surface area contributed by atoms with Crippen molar-refractivity contribution in [3.63, 3.8) is 0 Å². The number of hydrogen-bond acceptors (Lipinski definition) is 8. The lowest BCUT2D eigenvalue weighted by Crippen LogP contribution is -2.43. The number of carbonyl (C=O) groups is 1. The van der Waals surface area contributed by atoms with Crippen LogP contribution in [0, 0.1) is 0 Å². The highest BCUT2D eigenvalue weighted by Crippen LogP contribution is 2.25. The molecule has 1 aliphatic heterocycles. The van der Waals surface area contributed by atoms with E-state index in [1.54, 1.807) is 24.3 Å². The van der Waals surface area contributed by atoms with Crippen LogP contribution in [0.1, 0.15) is 9.67 Å². The van der Waals surface area contributed by atoms with E-state index in [2.05, 4.69) is 19.9 Å². The van der Waals surface area contributed by atoms with Gasteiger partial charge < -0.3 is 15.0 Å². The minimum Gasteiger partial charge on any atom is -0.457 e. The summed E-state index contributed by atoms with van der Waals surface area (Å²) in [7, 11) is -4.06. The molecule has 10 heteroatoms. The lowest BCUT2D eigenvalue weighted by molar-refractivity contribution is 0.0985. The minimum absolute atomic E-state index is 0.0591. The number of para-hydroxylation sites is 1. The third kappa shape index (κ3) is 4.78. The first kappa shape index (κ1) is 20.3. The zero-order chi connectivity index (χ0) is 21.0. The van der Waals surface area contributed by atoms with Crippen LogP contribution in [0.2, 0.25) is 0 Å². The second-order valence-electron chi connectivity index (χ2n) is 6.57. The third-order valence-corrected chi connectivity index (χ3v) is 6.81. The molecule has 1 fully saturated rings. The Morgan fingerprint density at radius 1 is 1.07 bits per heavy atom. The summed E-state index contributed by atoms with van der Waals surface area (Å²) in [4.78, 5) is 19.0. The van der Waals surface area contributed by atoms with Gasteiger partial charge in [-0.1, -0.05) is 35.6 Å². The van der Waals surface area contributed by atoms with E-state index >= 15 is 0 Å². The van der Waals surface area contributed by atoms with Gasteiger partial charge in [0.05, 0.1) is 11.1 Å². The molecule has 0 spiro atoms. The largest absolute Gasteiger partial charge is 0.457 e. The summed E-state index contributed by atoms with van der Waals surface area (Å²) in [6.45, 7) is 3.27. The number of nitrogens with zero attached hydrogens (tertiary/aromatic N) is 2. The molecule has 0 radical (unpaired) electrons. The monoisotopic (exact) mass is 444 g/mol. The summed E-state index contributed by atoms with van der Waals surface area (Å²) in [5.74, 6) is 0.236. The Kier molecular flexibility index (Phi) is 5.98. The highest BCUT2D eigenvalue weighted by atomic mass is 32.2. The number of aromatic nitrogens is 1. The van der Waals surface area contributed by atoms with Crippen LogP contribution in [0.5, 0.6) is 11.5 Å². The number of benzene rings is 2. The molecule has 1 saturated heterocycles. The molecule has 2 aromatic carbocycles. The van der Waals surface area contributed by atoms with Gasteiger partial charge in [0, 0.05) is 32.2 Å². The Morgan fingerprint density at radius 3 is 2.57 bits per heavy atom. The molecule has 0 bridgehead atoms. The molecule has 2 N–H and O–H groups in total. The maximum Gasteiger partial charge on any atom is 0.276 e. The predicted molar refractivity (Wildman–Crippen MR) is 115 cm³/mol. The maximum atomic E-state index is 12.7. The molecule has 1 aliphatic rings. The van der Waals surface area contributed by atoms with E-state index in [1.807, 2.05) is 18.2 Å². The quantitative estimate of drug-likeness (QED) is 0.602. The van der Waals surface area contributed by atoms with Crippen LogP contribution in [0.15, 0.2) is 65.7 Å². The fraction of sp³-hybridized carbons (Fsp3) is 0.200. The Bertz CT molecular complexity index is 1130. The molecule has 0 saturated carbocycles. The zero-order valence-corrected chi connectivity index (χ0v) is 17.6. The highest BCUT2D eigenvalue weighted by Gasteiger charge is 2.22. The van der Waals surface area contributed by atoms with Gasteiger partial charge in [-0.15, -0.1) is 0 Å². The predicted octanol–water partition coefficient (Wildman–Crippen LogP) is 2.46. The lowest BCUT2D eigenvalue weighted by atomic mass is 10.3. The number of amides is 1. The number of ether oxygens (including phenoxy) is 1. The van der Waals surface area contributed by atoms with Crippen molar-refractivity contribution in [1.29, 1.82) is 0 Å². The molecule has 1 aromatic heterocycles. The number of nitrogens with one attached hydrogen (secondary N) is 2. The van der Waals surface area contributed by atoms with Gasteiger partial charge in [0.15, 0.2) is 5.13 Å². The van der Waals surface area contributed by atoms with Crippen molar-refractivity contribution < 1.29 is 17.9 Å². The lowest BCUT2D eigenvalue weighted by Gasteiger charge is -2.26. The summed E-state index contributed by atoms with van der Waals surface area (Å²) in [6, 6.07) is 15.0. The van der Waals surface area contributed by atoms with Crippen molar-refractivity contribution in [2.45, 2.75) is 4.90 Å². The van der Waals surface area contributed by atoms with E-state index in [0.717, 1.165) is 26.2 Å². The zero-order valence-electron chi connectivity index (χ0n) is 15.9. The normalized spacial score (nSPS) is 14.3. The molecule has 30 heavy (non-hydrogen) atoms. The van der Waals surface area contributed by atoms with E-state index in [4.69, 9.17) is 4.74 Å². The fourth-order valence-corrected chi connectivity index (χ4v) is 4.86. The summed E-state index contributed by atoms with van der Waals surface area (Å²) >= 11 is 1.17. The average Bonchev–Trinajstić information content (AvgIpc) is 3.26. The molecule has 1 amide bonds. The number of rotatable bonds is 6. The molecule has 0 aliphatic carbocycles. The first-order valence-corrected chi connectivity index (χ1v) is 11.6. The van der Waals surface area contributed by atoms with Crippen molar-refractivity contribution >= 4 is 32.4 Å². The summed E-state index contributed by atoms with van der Waals surface area (Å²) < 4.78 is 33.2. The van der Waals surface area contributed by atoms with Crippen LogP contribution in [0.25, 0.3) is 0 Å². The fourth-order valence-electron chi connectivity index (χ4n) is 2.93. The third-order valence-electron chi connectivity index (χ3n) is 4.43. The molecule has 156 valence electrons. The summed E-state index contributed by atoms with van der Waals surface area (Å²) in [5.41, 5.74) is 0. The molecule has 4 rings (SSSR count). The maximum absolute atomic E-state index is 12.7. The SMILES string of the molecule is O=C(NS(=O)(=O)c1cccc(Oc2ccccc2)c1)c1cnc(N2CCNCC2)s1.